The van der Waals surface area contributed by atoms with Crippen molar-refractivity contribution in [3.8, 4) is 0 Å². The van der Waals surface area contributed by atoms with Crippen LogP contribution in [0.1, 0.15) is 38.3 Å². The second kappa shape index (κ2) is 6.48. The van der Waals surface area contributed by atoms with Crippen molar-refractivity contribution in [1.29, 1.82) is 0 Å². The van der Waals surface area contributed by atoms with Crippen molar-refractivity contribution in [2.75, 3.05) is 18.0 Å². The summed E-state index contributed by atoms with van der Waals surface area (Å²) in [4.78, 5) is 2.57. The summed E-state index contributed by atoms with van der Waals surface area (Å²) >= 11 is 3.67. The molecule has 1 aromatic carbocycles. The molecule has 3 unspecified atom stereocenters. The van der Waals surface area contributed by atoms with E-state index >= 15 is 0 Å². The van der Waals surface area contributed by atoms with Gasteiger partial charge in [-0.05, 0) is 62.9 Å². The lowest BCUT2D eigenvalue weighted by Crippen LogP contribution is -2.53. The summed E-state index contributed by atoms with van der Waals surface area (Å²) in [6, 6.07) is 5.86. The molecule has 3 heteroatoms. The lowest BCUT2D eigenvalue weighted by atomic mass is 9.86. The Morgan fingerprint density at radius 3 is 2.40 bits per heavy atom. The van der Waals surface area contributed by atoms with Gasteiger partial charge in [0.25, 0.3) is 0 Å². The summed E-state index contributed by atoms with van der Waals surface area (Å²) in [7, 11) is 0. The molecule has 1 fully saturated rings. The fourth-order valence-electron chi connectivity index (χ4n) is 3.37. The van der Waals surface area contributed by atoms with Gasteiger partial charge in [-0.3, -0.25) is 0 Å². The van der Waals surface area contributed by atoms with E-state index in [9.17, 15) is 0 Å². The number of nitrogens with zero attached hydrogens (tertiary/aromatic N) is 1. The first-order valence-electron chi connectivity index (χ1n) is 7.72. The first-order valence-corrected chi connectivity index (χ1v) is 8.51. The number of halogens is 1. The highest BCUT2D eigenvalue weighted by molar-refractivity contribution is 9.10. The van der Waals surface area contributed by atoms with E-state index in [-0.39, 0.29) is 0 Å². The van der Waals surface area contributed by atoms with Crippen molar-refractivity contribution in [3.05, 3.63) is 27.7 Å². The van der Waals surface area contributed by atoms with Gasteiger partial charge in [0.15, 0.2) is 0 Å². The Morgan fingerprint density at radius 1 is 1.25 bits per heavy atom. The normalized spacial score (nSPS) is 26.9. The molecule has 20 heavy (non-hydrogen) atoms. The SMILES string of the molecule is CCNC1CCN(c2cc(C)c(Br)c(C)c2)C(C)C1C. The summed E-state index contributed by atoms with van der Waals surface area (Å²) in [5.41, 5.74) is 4.03. The fourth-order valence-corrected chi connectivity index (χ4v) is 3.60. The summed E-state index contributed by atoms with van der Waals surface area (Å²) in [5.74, 6) is 0.674. The Bertz CT molecular complexity index is 449. The van der Waals surface area contributed by atoms with Gasteiger partial charge in [0, 0.05) is 28.8 Å². The third-order valence-corrected chi connectivity index (χ3v) is 6.04. The van der Waals surface area contributed by atoms with E-state index in [1.54, 1.807) is 0 Å². The monoisotopic (exact) mass is 338 g/mol. The maximum Gasteiger partial charge on any atom is 0.0374 e. The van der Waals surface area contributed by atoms with Gasteiger partial charge in [-0.15, -0.1) is 0 Å². The quantitative estimate of drug-likeness (QED) is 0.884. The highest BCUT2D eigenvalue weighted by atomic mass is 79.9. The number of hydrogen-bond acceptors (Lipinski definition) is 2. The maximum absolute atomic E-state index is 3.67. The van der Waals surface area contributed by atoms with Crippen LogP contribution in [0.3, 0.4) is 0 Å². The third-order valence-electron chi connectivity index (χ3n) is 4.79. The number of nitrogens with one attached hydrogen (secondary N) is 1. The van der Waals surface area contributed by atoms with Crippen LogP contribution in [0.2, 0.25) is 0 Å². The minimum absolute atomic E-state index is 0.577. The van der Waals surface area contributed by atoms with E-state index in [1.807, 2.05) is 0 Å². The Balaban J connectivity index is 2.22. The van der Waals surface area contributed by atoms with Crippen LogP contribution in [0.5, 0.6) is 0 Å². The van der Waals surface area contributed by atoms with Crippen molar-refractivity contribution >= 4 is 21.6 Å². The van der Waals surface area contributed by atoms with Crippen LogP contribution < -0.4 is 10.2 Å². The van der Waals surface area contributed by atoms with Gasteiger partial charge >= 0.3 is 0 Å². The molecule has 0 spiro atoms. The summed E-state index contributed by atoms with van der Waals surface area (Å²) < 4.78 is 1.24. The van der Waals surface area contributed by atoms with E-state index in [4.69, 9.17) is 0 Å². The standard InChI is InChI=1S/C17H27BrN2/c1-6-19-16-7-8-20(14(5)13(16)4)15-9-11(2)17(18)12(3)10-15/h9-10,13-14,16,19H,6-8H2,1-5H3. The zero-order valence-corrected chi connectivity index (χ0v) is 14.9. The molecule has 1 aliphatic rings. The maximum atomic E-state index is 3.67. The largest absolute Gasteiger partial charge is 0.368 e. The van der Waals surface area contributed by atoms with Gasteiger partial charge in [0.1, 0.15) is 0 Å². The first-order chi connectivity index (χ1) is 9.45. The van der Waals surface area contributed by atoms with Crippen molar-refractivity contribution in [2.24, 2.45) is 5.92 Å². The molecular weight excluding hydrogens is 312 g/mol. The Hall–Kier alpha value is -0.540. The Morgan fingerprint density at radius 2 is 1.85 bits per heavy atom. The minimum Gasteiger partial charge on any atom is -0.368 e. The van der Waals surface area contributed by atoms with Gasteiger partial charge < -0.3 is 10.2 Å². The second-order valence-corrected chi connectivity index (χ2v) is 6.93. The fraction of sp³-hybridized carbons (Fsp3) is 0.647. The number of benzene rings is 1. The molecular formula is C17H27BrN2. The topological polar surface area (TPSA) is 15.3 Å². The molecule has 1 N–H and O–H groups in total. The summed E-state index contributed by atoms with van der Waals surface area (Å²) in [6.07, 6.45) is 1.23. The van der Waals surface area contributed by atoms with Crippen LogP contribution in [0, 0.1) is 19.8 Å². The van der Waals surface area contributed by atoms with Gasteiger partial charge in [-0.2, -0.15) is 0 Å². The highest BCUT2D eigenvalue weighted by Gasteiger charge is 2.32. The number of hydrogen-bond donors (Lipinski definition) is 1. The number of piperidine rings is 1. The van der Waals surface area contributed by atoms with Crippen LogP contribution >= 0.6 is 15.9 Å². The van der Waals surface area contributed by atoms with Crippen LogP contribution in [-0.4, -0.2) is 25.2 Å². The number of aryl methyl sites for hydroxylation is 2. The van der Waals surface area contributed by atoms with Crippen molar-refractivity contribution in [2.45, 2.75) is 53.1 Å². The lowest BCUT2D eigenvalue weighted by molar-refractivity contribution is 0.274. The predicted octanol–water partition coefficient (Wildman–Crippen LogP) is 4.28. The van der Waals surface area contributed by atoms with E-state index in [0.29, 0.717) is 18.0 Å². The second-order valence-electron chi connectivity index (χ2n) is 6.14. The lowest BCUT2D eigenvalue weighted by Gasteiger charge is -2.44. The molecule has 1 aromatic rings. The number of rotatable bonds is 3. The molecule has 2 nitrogen and oxygen atoms in total. The smallest absolute Gasteiger partial charge is 0.0374 e. The zero-order chi connectivity index (χ0) is 14.9. The van der Waals surface area contributed by atoms with Crippen LogP contribution in [0.4, 0.5) is 5.69 Å². The molecule has 2 rings (SSSR count). The first kappa shape index (κ1) is 15.8. The average Bonchev–Trinajstić information content (AvgIpc) is 2.41. The molecule has 0 aromatic heterocycles. The van der Waals surface area contributed by atoms with Crippen LogP contribution in [-0.2, 0) is 0 Å². The molecule has 0 bridgehead atoms. The van der Waals surface area contributed by atoms with Gasteiger partial charge in [-0.1, -0.05) is 29.8 Å². The Labute approximate surface area is 132 Å². The van der Waals surface area contributed by atoms with Crippen molar-refractivity contribution in [1.82, 2.24) is 5.32 Å². The van der Waals surface area contributed by atoms with Crippen molar-refractivity contribution < 1.29 is 0 Å². The predicted molar refractivity (Wildman–Crippen MR) is 91.7 cm³/mol. The molecule has 0 amide bonds. The molecule has 0 radical (unpaired) electrons. The van der Waals surface area contributed by atoms with Crippen LogP contribution in [0.15, 0.2) is 16.6 Å². The van der Waals surface area contributed by atoms with Crippen LogP contribution in [0.25, 0.3) is 0 Å². The molecule has 1 heterocycles. The average molecular weight is 339 g/mol. The molecule has 3 atom stereocenters. The van der Waals surface area contributed by atoms with E-state index in [2.05, 4.69) is 72.9 Å². The van der Waals surface area contributed by atoms with E-state index < -0.39 is 0 Å². The molecule has 0 saturated carbocycles. The van der Waals surface area contributed by atoms with E-state index in [0.717, 1.165) is 13.1 Å². The molecule has 0 aliphatic carbocycles. The zero-order valence-electron chi connectivity index (χ0n) is 13.3. The molecule has 1 aliphatic heterocycles. The molecule has 1 saturated heterocycles. The number of anilines is 1. The molecule has 112 valence electrons. The van der Waals surface area contributed by atoms with E-state index in [1.165, 1.54) is 27.7 Å². The van der Waals surface area contributed by atoms with Gasteiger partial charge in [-0.25, -0.2) is 0 Å². The summed E-state index contributed by atoms with van der Waals surface area (Å²) in [5, 5.41) is 3.63. The van der Waals surface area contributed by atoms with Gasteiger partial charge in [0.2, 0.25) is 0 Å². The van der Waals surface area contributed by atoms with Gasteiger partial charge in [0.05, 0.1) is 0 Å². The highest BCUT2D eigenvalue weighted by Crippen LogP contribution is 2.32. The Kier molecular flexibility index (Phi) is 5.14. The van der Waals surface area contributed by atoms with Crippen molar-refractivity contribution in [3.63, 3.8) is 0 Å². The third kappa shape index (κ3) is 3.04. The summed E-state index contributed by atoms with van der Waals surface area (Å²) in [6.45, 7) is 13.5. The minimum atomic E-state index is 0.577.